The fraction of sp³-hybridized carbons (Fsp3) is 0.208. The molecule has 0 radical (unpaired) electrons. The quantitative estimate of drug-likeness (QED) is 0.526. The van der Waals surface area contributed by atoms with E-state index in [9.17, 15) is 17.6 Å². The van der Waals surface area contributed by atoms with Gasteiger partial charge in [-0.3, -0.25) is 9.10 Å². The molecule has 0 aliphatic carbocycles. The van der Waals surface area contributed by atoms with Gasteiger partial charge in [-0.15, -0.1) is 0 Å². The van der Waals surface area contributed by atoms with Gasteiger partial charge in [0.2, 0.25) is 10.0 Å². The number of rotatable bonds is 9. The number of anilines is 1. The molecule has 0 unspecified atom stereocenters. The zero-order valence-corrected chi connectivity index (χ0v) is 18.7. The van der Waals surface area contributed by atoms with Gasteiger partial charge in [0, 0.05) is 23.2 Å². The normalized spacial score (nSPS) is 11.1. The van der Waals surface area contributed by atoms with Gasteiger partial charge in [-0.05, 0) is 43.3 Å². The third-order valence-electron chi connectivity index (χ3n) is 4.80. The number of benzene rings is 3. The molecule has 0 saturated heterocycles. The van der Waals surface area contributed by atoms with Crippen LogP contribution in [0.1, 0.15) is 28.4 Å². The number of sulfonamides is 1. The van der Waals surface area contributed by atoms with Gasteiger partial charge in [-0.2, -0.15) is 0 Å². The lowest BCUT2D eigenvalue weighted by Gasteiger charge is -2.23. The Kier molecular flexibility index (Phi) is 7.48. The maximum atomic E-state index is 14.0. The van der Waals surface area contributed by atoms with Crippen LogP contribution in [0.3, 0.4) is 0 Å². The van der Waals surface area contributed by atoms with Crippen molar-refractivity contribution in [3.8, 4) is 5.75 Å². The van der Waals surface area contributed by atoms with E-state index in [0.717, 1.165) is 16.1 Å². The van der Waals surface area contributed by atoms with Crippen LogP contribution in [0.25, 0.3) is 0 Å². The Morgan fingerprint density at radius 3 is 2.22 bits per heavy atom. The van der Waals surface area contributed by atoms with Crippen molar-refractivity contribution in [2.45, 2.75) is 20.0 Å². The van der Waals surface area contributed by atoms with Crippen LogP contribution in [-0.2, 0) is 23.1 Å². The summed E-state index contributed by atoms with van der Waals surface area (Å²) in [6.07, 6.45) is 1.06. The first-order chi connectivity index (χ1) is 15.3. The number of para-hydroxylation sites is 1. The molecule has 0 heterocycles. The van der Waals surface area contributed by atoms with Gasteiger partial charge < -0.3 is 10.1 Å². The van der Waals surface area contributed by atoms with Crippen LogP contribution < -0.4 is 14.4 Å². The predicted octanol–water partition coefficient (Wildman–Crippen LogP) is 4.12. The van der Waals surface area contributed by atoms with Crippen LogP contribution in [0.2, 0.25) is 0 Å². The minimum Gasteiger partial charge on any atom is -0.494 e. The number of hydrogen-bond acceptors (Lipinski definition) is 4. The van der Waals surface area contributed by atoms with Gasteiger partial charge in [-0.1, -0.05) is 36.4 Å². The Labute approximate surface area is 187 Å². The summed E-state index contributed by atoms with van der Waals surface area (Å²) in [7, 11) is -3.67. The molecule has 3 rings (SSSR count). The molecule has 0 spiro atoms. The van der Waals surface area contributed by atoms with Crippen molar-refractivity contribution in [2.75, 3.05) is 17.2 Å². The highest BCUT2D eigenvalue weighted by Crippen LogP contribution is 2.23. The Balaban J connectivity index is 1.74. The average molecular weight is 457 g/mol. The highest BCUT2D eigenvalue weighted by molar-refractivity contribution is 7.92. The summed E-state index contributed by atoms with van der Waals surface area (Å²) < 4.78 is 45.4. The van der Waals surface area contributed by atoms with Gasteiger partial charge >= 0.3 is 0 Å². The number of hydrogen-bond donors (Lipinski definition) is 1. The maximum Gasteiger partial charge on any atom is 0.251 e. The highest BCUT2D eigenvalue weighted by Gasteiger charge is 2.20. The van der Waals surface area contributed by atoms with Crippen molar-refractivity contribution in [3.05, 3.63) is 95.3 Å². The van der Waals surface area contributed by atoms with Gasteiger partial charge in [0.15, 0.2) is 0 Å². The predicted molar refractivity (Wildman–Crippen MR) is 123 cm³/mol. The lowest BCUT2D eigenvalue weighted by atomic mass is 10.1. The summed E-state index contributed by atoms with van der Waals surface area (Å²) >= 11 is 0. The molecule has 0 bridgehead atoms. The molecule has 0 atom stereocenters. The summed E-state index contributed by atoms with van der Waals surface area (Å²) in [5, 5.41) is 2.84. The first kappa shape index (κ1) is 23.3. The van der Waals surface area contributed by atoms with Crippen LogP contribution in [0, 0.1) is 5.82 Å². The van der Waals surface area contributed by atoms with Gasteiger partial charge in [0.1, 0.15) is 11.6 Å². The third-order valence-corrected chi connectivity index (χ3v) is 5.94. The van der Waals surface area contributed by atoms with E-state index in [2.05, 4.69) is 5.32 Å². The minimum absolute atomic E-state index is 0.148. The largest absolute Gasteiger partial charge is 0.494 e. The Hall–Kier alpha value is -3.39. The van der Waals surface area contributed by atoms with Gasteiger partial charge in [0.05, 0.1) is 25.1 Å². The van der Waals surface area contributed by atoms with E-state index >= 15 is 0 Å². The standard InChI is InChI=1S/C24H25FN2O4S/c1-3-31-23-11-7-5-8-19(23)16-26-24(28)18-12-14-21(15-13-18)27(32(2,29)30)17-20-9-4-6-10-22(20)25/h4-15H,3,16-17H2,1-2H3,(H,26,28). The molecule has 6 nitrogen and oxygen atoms in total. The van der Waals surface area contributed by atoms with E-state index in [4.69, 9.17) is 4.74 Å². The van der Waals surface area contributed by atoms with Crippen molar-refractivity contribution < 1.29 is 22.3 Å². The summed E-state index contributed by atoms with van der Waals surface area (Å²) in [6, 6.07) is 19.6. The molecule has 3 aromatic rings. The summed E-state index contributed by atoms with van der Waals surface area (Å²) in [6.45, 7) is 2.56. The third kappa shape index (κ3) is 5.85. The number of carbonyl (C=O) groups is 1. The molecule has 168 valence electrons. The molecule has 0 aliphatic heterocycles. The minimum atomic E-state index is -3.67. The van der Waals surface area contributed by atoms with Crippen LogP contribution in [-0.4, -0.2) is 27.2 Å². The number of halogens is 1. The molecule has 1 amide bonds. The molecule has 1 N–H and O–H groups in total. The Morgan fingerprint density at radius 2 is 1.59 bits per heavy atom. The van der Waals surface area contributed by atoms with E-state index in [-0.39, 0.29) is 18.0 Å². The lowest BCUT2D eigenvalue weighted by molar-refractivity contribution is 0.0950. The van der Waals surface area contributed by atoms with E-state index in [1.807, 2.05) is 31.2 Å². The molecule has 0 saturated carbocycles. The number of ether oxygens (including phenoxy) is 1. The van der Waals surface area contributed by atoms with Crippen molar-refractivity contribution in [1.82, 2.24) is 5.32 Å². The fourth-order valence-corrected chi connectivity index (χ4v) is 4.06. The lowest BCUT2D eigenvalue weighted by Crippen LogP contribution is -2.30. The first-order valence-corrected chi connectivity index (χ1v) is 11.9. The molecule has 0 fully saturated rings. The second kappa shape index (κ2) is 10.3. The van der Waals surface area contributed by atoms with E-state index in [1.54, 1.807) is 24.3 Å². The van der Waals surface area contributed by atoms with Crippen LogP contribution in [0.5, 0.6) is 5.75 Å². The fourth-order valence-electron chi connectivity index (χ4n) is 3.18. The first-order valence-electron chi connectivity index (χ1n) is 10.1. The molecular formula is C24H25FN2O4S. The smallest absolute Gasteiger partial charge is 0.251 e. The monoisotopic (exact) mass is 456 g/mol. The van der Waals surface area contributed by atoms with Crippen LogP contribution in [0.4, 0.5) is 10.1 Å². The summed E-state index contributed by atoms with van der Waals surface area (Å²) in [5.74, 6) is -0.0741. The van der Waals surface area contributed by atoms with Crippen molar-refractivity contribution in [1.29, 1.82) is 0 Å². The van der Waals surface area contributed by atoms with Crippen LogP contribution in [0.15, 0.2) is 72.8 Å². The summed E-state index contributed by atoms with van der Waals surface area (Å²) in [4.78, 5) is 12.6. The average Bonchev–Trinajstić information content (AvgIpc) is 2.77. The molecule has 8 heteroatoms. The van der Waals surface area contributed by atoms with Crippen molar-refractivity contribution in [3.63, 3.8) is 0 Å². The van der Waals surface area contributed by atoms with Crippen molar-refractivity contribution >= 4 is 21.6 Å². The summed E-state index contributed by atoms with van der Waals surface area (Å²) in [5.41, 5.74) is 1.83. The second-order valence-corrected chi connectivity index (χ2v) is 9.04. The number of nitrogens with zero attached hydrogens (tertiary/aromatic N) is 1. The zero-order valence-electron chi connectivity index (χ0n) is 17.9. The Morgan fingerprint density at radius 1 is 0.969 bits per heavy atom. The molecule has 32 heavy (non-hydrogen) atoms. The van der Waals surface area contributed by atoms with E-state index in [1.165, 1.54) is 24.3 Å². The van der Waals surface area contributed by atoms with Gasteiger partial charge in [0.25, 0.3) is 5.91 Å². The Bertz CT molecular complexity index is 1180. The number of carbonyl (C=O) groups excluding carboxylic acids is 1. The molecular weight excluding hydrogens is 431 g/mol. The second-order valence-electron chi connectivity index (χ2n) is 7.13. The van der Waals surface area contributed by atoms with E-state index < -0.39 is 15.8 Å². The van der Waals surface area contributed by atoms with E-state index in [0.29, 0.717) is 30.2 Å². The maximum absolute atomic E-state index is 14.0. The molecule has 3 aromatic carbocycles. The SMILES string of the molecule is CCOc1ccccc1CNC(=O)c1ccc(N(Cc2ccccc2F)S(C)(=O)=O)cc1. The molecule has 0 aromatic heterocycles. The molecule has 0 aliphatic rings. The number of amides is 1. The number of nitrogens with one attached hydrogen (secondary N) is 1. The van der Waals surface area contributed by atoms with Gasteiger partial charge in [-0.25, -0.2) is 12.8 Å². The van der Waals surface area contributed by atoms with Crippen molar-refractivity contribution in [2.24, 2.45) is 0 Å². The topological polar surface area (TPSA) is 75.7 Å². The zero-order chi connectivity index (χ0) is 23.1. The van der Waals surface area contributed by atoms with Crippen LogP contribution >= 0.6 is 0 Å². The highest BCUT2D eigenvalue weighted by atomic mass is 32.2.